The van der Waals surface area contributed by atoms with Crippen LogP contribution < -0.4 is 21.3 Å². The summed E-state index contributed by atoms with van der Waals surface area (Å²) < 4.78 is 0. The highest BCUT2D eigenvalue weighted by Gasteiger charge is 2.24. The van der Waals surface area contributed by atoms with Crippen LogP contribution in [0.5, 0.6) is 0 Å². The minimum absolute atomic E-state index is 0.00220. The number of fused-ring (bicyclic) bond motifs is 1. The zero-order chi connectivity index (χ0) is 22.2. The number of nitrogens with one attached hydrogen (secondary N) is 4. The monoisotopic (exact) mass is 421 g/mol. The van der Waals surface area contributed by atoms with Gasteiger partial charge in [0.15, 0.2) is 5.96 Å². The molecule has 1 unspecified atom stereocenters. The fourth-order valence-electron chi connectivity index (χ4n) is 3.40. The van der Waals surface area contributed by atoms with Crippen molar-refractivity contribution in [1.82, 2.24) is 10.6 Å². The summed E-state index contributed by atoms with van der Waals surface area (Å²) in [6, 6.07) is 15.6. The van der Waals surface area contributed by atoms with Gasteiger partial charge in [0.2, 0.25) is 11.8 Å². The predicted octanol–water partition coefficient (Wildman–Crippen LogP) is 3.46. The van der Waals surface area contributed by atoms with Crippen molar-refractivity contribution in [3.8, 4) is 0 Å². The third-order valence-electron chi connectivity index (χ3n) is 5.13. The van der Waals surface area contributed by atoms with Crippen LogP contribution in [-0.2, 0) is 16.1 Å². The van der Waals surface area contributed by atoms with E-state index in [0.29, 0.717) is 25.5 Å². The number of rotatable bonds is 7. The van der Waals surface area contributed by atoms with Crippen LogP contribution in [0.15, 0.2) is 53.5 Å². The van der Waals surface area contributed by atoms with Crippen LogP contribution in [0, 0.1) is 5.92 Å². The standard InChI is InChI=1S/C24H31N5O2/c1-4-25-24(26-14-17-9-11-19(12-10-17)28-23(31)16(2)3)27-15-18-13-22(30)29-21-8-6-5-7-20(18)21/h5-12,16,18H,4,13-15H2,1-3H3,(H,28,31)(H,29,30)(H2,25,26,27). The molecule has 0 fully saturated rings. The molecule has 1 heterocycles. The van der Waals surface area contributed by atoms with Crippen LogP contribution in [0.2, 0.25) is 0 Å². The molecule has 0 aliphatic carbocycles. The zero-order valence-corrected chi connectivity index (χ0v) is 18.4. The maximum atomic E-state index is 12.0. The lowest BCUT2D eigenvalue weighted by atomic mass is 9.90. The lowest BCUT2D eigenvalue weighted by Gasteiger charge is -2.26. The lowest BCUT2D eigenvalue weighted by Crippen LogP contribution is -2.40. The summed E-state index contributed by atoms with van der Waals surface area (Å²) in [6.45, 7) is 7.63. The van der Waals surface area contributed by atoms with E-state index in [1.807, 2.05) is 63.2 Å². The smallest absolute Gasteiger partial charge is 0.226 e. The maximum Gasteiger partial charge on any atom is 0.226 e. The highest BCUT2D eigenvalue weighted by atomic mass is 16.2. The molecule has 2 aromatic carbocycles. The summed E-state index contributed by atoms with van der Waals surface area (Å²) in [5.74, 6) is 0.792. The van der Waals surface area contributed by atoms with Gasteiger partial charge in [-0.2, -0.15) is 0 Å². The van der Waals surface area contributed by atoms with Gasteiger partial charge in [0.1, 0.15) is 0 Å². The molecule has 0 saturated carbocycles. The number of benzene rings is 2. The van der Waals surface area contributed by atoms with E-state index < -0.39 is 0 Å². The molecule has 0 bridgehead atoms. The van der Waals surface area contributed by atoms with Gasteiger partial charge in [0, 0.05) is 42.7 Å². The molecule has 2 aromatic rings. The highest BCUT2D eigenvalue weighted by Crippen LogP contribution is 2.31. The van der Waals surface area contributed by atoms with Gasteiger partial charge in [-0.1, -0.05) is 44.2 Å². The quantitative estimate of drug-likeness (QED) is 0.407. The van der Waals surface area contributed by atoms with Crippen molar-refractivity contribution in [1.29, 1.82) is 0 Å². The van der Waals surface area contributed by atoms with Crippen molar-refractivity contribution in [3.05, 3.63) is 59.7 Å². The second kappa shape index (κ2) is 10.6. The number of nitrogens with zero attached hydrogens (tertiary/aromatic N) is 1. The predicted molar refractivity (Wildman–Crippen MR) is 125 cm³/mol. The Kier molecular flexibility index (Phi) is 7.65. The van der Waals surface area contributed by atoms with Crippen LogP contribution in [0.25, 0.3) is 0 Å². The number of guanidine groups is 1. The first-order valence-electron chi connectivity index (χ1n) is 10.8. The topological polar surface area (TPSA) is 94.6 Å². The number of carbonyl (C=O) groups excluding carboxylic acids is 2. The first kappa shape index (κ1) is 22.3. The second-order valence-electron chi connectivity index (χ2n) is 7.95. The zero-order valence-electron chi connectivity index (χ0n) is 18.4. The minimum atomic E-state index is -0.0553. The second-order valence-corrected chi connectivity index (χ2v) is 7.95. The largest absolute Gasteiger partial charge is 0.357 e. The molecule has 1 aliphatic heterocycles. The first-order valence-corrected chi connectivity index (χ1v) is 10.8. The summed E-state index contributed by atoms with van der Waals surface area (Å²) >= 11 is 0. The average molecular weight is 422 g/mol. The number of amides is 2. The molecule has 2 amide bonds. The Morgan fingerprint density at radius 3 is 2.58 bits per heavy atom. The number of anilines is 2. The summed E-state index contributed by atoms with van der Waals surface area (Å²) in [6.07, 6.45) is 0.451. The van der Waals surface area contributed by atoms with E-state index in [4.69, 9.17) is 0 Å². The molecule has 7 heteroatoms. The fraction of sp³-hybridized carbons (Fsp3) is 0.375. The normalized spacial score (nSPS) is 15.8. The minimum Gasteiger partial charge on any atom is -0.357 e. The van der Waals surface area contributed by atoms with Crippen molar-refractivity contribution in [2.45, 2.75) is 39.7 Å². The van der Waals surface area contributed by atoms with Gasteiger partial charge < -0.3 is 21.3 Å². The Morgan fingerprint density at radius 1 is 1.13 bits per heavy atom. The van der Waals surface area contributed by atoms with Gasteiger partial charge in [-0.15, -0.1) is 0 Å². The molecule has 0 aromatic heterocycles. The Bertz CT molecular complexity index is 937. The lowest BCUT2D eigenvalue weighted by molar-refractivity contribution is -0.119. The van der Waals surface area contributed by atoms with Gasteiger partial charge >= 0.3 is 0 Å². The van der Waals surface area contributed by atoms with E-state index in [9.17, 15) is 9.59 Å². The van der Waals surface area contributed by atoms with E-state index in [2.05, 4.69) is 32.3 Å². The van der Waals surface area contributed by atoms with Crippen LogP contribution in [0.3, 0.4) is 0 Å². The molecule has 0 saturated heterocycles. The van der Waals surface area contributed by atoms with Gasteiger partial charge in [-0.3, -0.25) is 9.59 Å². The van der Waals surface area contributed by atoms with E-state index >= 15 is 0 Å². The molecule has 31 heavy (non-hydrogen) atoms. The number of carbonyl (C=O) groups is 2. The van der Waals surface area contributed by atoms with E-state index in [1.165, 1.54) is 0 Å². The number of hydrogen-bond acceptors (Lipinski definition) is 3. The Labute approximate surface area is 183 Å². The molecule has 0 radical (unpaired) electrons. The molecule has 1 atom stereocenters. The Balaban J connectivity index is 1.61. The fourth-order valence-corrected chi connectivity index (χ4v) is 3.40. The third-order valence-corrected chi connectivity index (χ3v) is 5.13. The Hall–Kier alpha value is -3.35. The van der Waals surface area contributed by atoms with Gasteiger partial charge in [-0.05, 0) is 36.2 Å². The van der Waals surface area contributed by atoms with E-state index in [-0.39, 0.29) is 23.7 Å². The average Bonchev–Trinajstić information content (AvgIpc) is 2.76. The molecule has 4 N–H and O–H groups in total. The molecular weight excluding hydrogens is 390 g/mol. The summed E-state index contributed by atoms with van der Waals surface area (Å²) in [4.78, 5) is 28.5. The summed E-state index contributed by atoms with van der Waals surface area (Å²) in [5.41, 5.74) is 3.86. The number of hydrogen-bond donors (Lipinski definition) is 4. The SMILES string of the molecule is CCNC(=NCc1ccc(NC(=O)C(C)C)cc1)NCC1CC(=O)Nc2ccccc21. The number of para-hydroxylation sites is 1. The number of aliphatic imine (C=N–C) groups is 1. The van der Waals surface area contributed by atoms with Crippen LogP contribution in [0.4, 0.5) is 11.4 Å². The molecule has 3 rings (SSSR count). The molecule has 1 aliphatic rings. The summed E-state index contributed by atoms with van der Waals surface area (Å²) in [5, 5.41) is 12.5. The van der Waals surface area contributed by atoms with Crippen LogP contribution in [-0.4, -0.2) is 30.9 Å². The van der Waals surface area contributed by atoms with Crippen molar-refractivity contribution >= 4 is 29.1 Å². The van der Waals surface area contributed by atoms with Gasteiger partial charge in [0.25, 0.3) is 0 Å². The van der Waals surface area contributed by atoms with Crippen LogP contribution in [0.1, 0.15) is 44.2 Å². The molecule has 164 valence electrons. The van der Waals surface area contributed by atoms with Crippen molar-refractivity contribution < 1.29 is 9.59 Å². The van der Waals surface area contributed by atoms with E-state index in [1.54, 1.807) is 0 Å². The van der Waals surface area contributed by atoms with Gasteiger partial charge in [0.05, 0.1) is 6.54 Å². The molecular formula is C24H31N5O2. The Morgan fingerprint density at radius 2 is 1.87 bits per heavy atom. The maximum absolute atomic E-state index is 12.0. The highest BCUT2D eigenvalue weighted by molar-refractivity contribution is 5.95. The van der Waals surface area contributed by atoms with Crippen molar-refractivity contribution in [3.63, 3.8) is 0 Å². The molecule has 7 nitrogen and oxygen atoms in total. The van der Waals surface area contributed by atoms with Crippen LogP contribution >= 0.6 is 0 Å². The van der Waals surface area contributed by atoms with Crippen molar-refractivity contribution in [2.24, 2.45) is 10.9 Å². The first-order chi connectivity index (χ1) is 15.0. The third kappa shape index (κ3) is 6.31. The van der Waals surface area contributed by atoms with Crippen molar-refractivity contribution in [2.75, 3.05) is 23.7 Å². The van der Waals surface area contributed by atoms with E-state index in [0.717, 1.165) is 29.0 Å². The van der Waals surface area contributed by atoms with Gasteiger partial charge in [-0.25, -0.2) is 4.99 Å². The summed E-state index contributed by atoms with van der Waals surface area (Å²) in [7, 11) is 0. The molecule has 0 spiro atoms.